The van der Waals surface area contributed by atoms with Crippen molar-refractivity contribution >= 4 is 15.9 Å². The fourth-order valence-corrected chi connectivity index (χ4v) is 1.28. The minimum Gasteiger partial charge on any atom is -0.330 e. The van der Waals surface area contributed by atoms with E-state index in [2.05, 4.69) is 26.2 Å². The highest BCUT2D eigenvalue weighted by Crippen LogP contribution is 2.10. The quantitative estimate of drug-likeness (QED) is 0.743. The monoisotopic (exact) mass is 204 g/mol. The lowest BCUT2D eigenvalue weighted by atomic mass is 10.3. The van der Waals surface area contributed by atoms with Gasteiger partial charge in [-0.2, -0.15) is 0 Å². The number of aryl methyl sites for hydroxylation is 1. The molecule has 0 aliphatic rings. The van der Waals surface area contributed by atoms with Crippen molar-refractivity contribution < 1.29 is 0 Å². The molecule has 5 heteroatoms. The molecule has 4 nitrogen and oxygen atoms in total. The second-order valence-electron chi connectivity index (χ2n) is 1.99. The average molecular weight is 205 g/mol. The van der Waals surface area contributed by atoms with E-state index in [4.69, 9.17) is 5.73 Å². The molecule has 10 heavy (non-hydrogen) atoms. The zero-order valence-corrected chi connectivity index (χ0v) is 7.30. The van der Waals surface area contributed by atoms with Crippen LogP contribution in [0.5, 0.6) is 0 Å². The molecule has 0 aliphatic heterocycles. The molecule has 0 aromatic carbocycles. The van der Waals surface area contributed by atoms with Crippen LogP contribution < -0.4 is 5.73 Å². The van der Waals surface area contributed by atoms with Crippen LogP contribution in [0.1, 0.15) is 5.69 Å². The molecule has 0 bridgehead atoms. The molecule has 1 rings (SSSR count). The number of hydrogen-bond donors (Lipinski definition) is 1. The SMILES string of the molecule is Cn1nnc(Br)c1CCN. The molecule has 0 unspecified atom stereocenters. The minimum absolute atomic E-state index is 0.625. The molecule has 1 heterocycles. The minimum atomic E-state index is 0.625. The van der Waals surface area contributed by atoms with Gasteiger partial charge in [-0.25, -0.2) is 0 Å². The predicted molar refractivity (Wildman–Crippen MR) is 41.5 cm³/mol. The van der Waals surface area contributed by atoms with Gasteiger partial charge in [0.25, 0.3) is 0 Å². The fraction of sp³-hybridized carbons (Fsp3) is 0.600. The summed E-state index contributed by atoms with van der Waals surface area (Å²) in [6.45, 7) is 0.625. The third-order valence-electron chi connectivity index (χ3n) is 1.28. The molecule has 1 aromatic rings. The van der Waals surface area contributed by atoms with Gasteiger partial charge >= 0.3 is 0 Å². The molecule has 1 aromatic heterocycles. The first-order chi connectivity index (χ1) is 4.75. The number of nitrogens with two attached hydrogens (primary N) is 1. The van der Waals surface area contributed by atoms with E-state index in [1.165, 1.54) is 0 Å². The lowest BCUT2D eigenvalue weighted by Gasteiger charge is -1.96. The smallest absolute Gasteiger partial charge is 0.151 e. The zero-order valence-electron chi connectivity index (χ0n) is 5.71. The summed E-state index contributed by atoms with van der Waals surface area (Å²) in [6.07, 6.45) is 0.810. The highest BCUT2D eigenvalue weighted by molar-refractivity contribution is 9.10. The molecule has 0 aliphatic carbocycles. The van der Waals surface area contributed by atoms with Gasteiger partial charge < -0.3 is 5.73 Å². The van der Waals surface area contributed by atoms with Crippen LogP contribution in [0.15, 0.2) is 4.60 Å². The Morgan fingerprint density at radius 2 is 2.40 bits per heavy atom. The van der Waals surface area contributed by atoms with E-state index in [1.807, 2.05) is 7.05 Å². The van der Waals surface area contributed by atoms with Crippen molar-refractivity contribution in [3.8, 4) is 0 Å². The van der Waals surface area contributed by atoms with E-state index >= 15 is 0 Å². The molecular weight excluding hydrogens is 196 g/mol. The molecule has 0 amide bonds. The Hall–Kier alpha value is -0.420. The van der Waals surface area contributed by atoms with Crippen LogP contribution in [-0.2, 0) is 13.5 Å². The highest BCUT2D eigenvalue weighted by Gasteiger charge is 2.04. The Balaban J connectivity index is 2.87. The van der Waals surface area contributed by atoms with Crippen LogP contribution in [0.25, 0.3) is 0 Å². The Kier molecular flexibility index (Phi) is 2.39. The normalized spacial score (nSPS) is 10.3. The standard InChI is InChI=1S/C5H9BrN4/c1-10-4(2-3-7)5(6)8-9-10/h2-3,7H2,1H3. The third kappa shape index (κ3) is 1.35. The van der Waals surface area contributed by atoms with Crippen LogP contribution in [-0.4, -0.2) is 21.5 Å². The summed E-state index contributed by atoms with van der Waals surface area (Å²) < 4.78 is 2.51. The second kappa shape index (κ2) is 3.12. The molecule has 0 fully saturated rings. The number of hydrogen-bond acceptors (Lipinski definition) is 3. The summed E-state index contributed by atoms with van der Waals surface area (Å²) in [7, 11) is 1.85. The van der Waals surface area contributed by atoms with Gasteiger partial charge in [0.2, 0.25) is 0 Å². The Bertz CT molecular complexity index is 200. The highest BCUT2D eigenvalue weighted by atomic mass is 79.9. The Morgan fingerprint density at radius 3 is 2.80 bits per heavy atom. The van der Waals surface area contributed by atoms with Crippen molar-refractivity contribution in [3.63, 3.8) is 0 Å². The van der Waals surface area contributed by atoms with E-state index in [0.29, 0.717) is 6.54 Å². The first-order valence-electron chi connectivity index (χ1n) is 3.00. The van der Waals surface area contributed by atoms with Gasteiger partial charge in [0.1, 0.15) is 0 Å². The Labute approximate surface area is 67.5 Å². The van der Waals surface area contributed by atoms with E-state index in [-0.39, 0.29) is 0 Å². The first-order valence-corrected chi connectivity index (χ1v) is 3.79. The van der Waals surface area contributed by atoms with Crippen molar-refractivity contribution in [2.24, 2.45) is 12.8 Å². The average Bonchev–Trinajstić information content (AvgIpc) is 2.20. The number of halogens is 1. The van der Waals surface area contributed by atoms with Crippen LogP contribution >= 0.6 is 15.9 Å². The molecule has 0 saturated heterocycles. The first kappa shape index (κ1) is 7.68. The van der Waals surface area contributed by atoms with Gasteiger partial charge in [0.15, 0.2) is 4.60 Å². The van der Waals surface area contributed by atoms with Crippen LogP contribution in [0.2, 0.25) is 0 Å². The van der Waals surface area contributed by atoms with Gasteiger partial charge in [-0.05, 0) is 22.5 Å². The topological polar surface area (TPSA) is 56.7 Å². The lowest BCUT2D eigenvalue weighted by Crippen LogP contribution is -2.07. The summed E-state index contributed by atoms with van der Waals surface area (Å²) in [6, 6.07) is 0. The summed E-state index contributed by atoms with van der Waals surface area (Å²) in [4.78, 5) is 0. The predicted octanol–water partition coefficient (Wildman–Crippen LogP) is 0.0788. The van der Waals surface area contributed by atoms with E-state index in [9.17, 15) is 0 Å². The Morgan fingerprint density at radius 1 is 1.70 bits per heavy atom. The van der Waals surface area contributed by atoms with Crippen LogP contribution in [0.4, 0.5) is 0 Å². The van der Waals surface area contributed by atoms with Crippen molar-refractivity contribution in [2.75, 3.05) is 6.54 Å². The van der Waals surface area contributed by atoms with Gasteiger partial charge in [-0.15, -0.1) is 5.10 Å². The second-order valence-corrected chi connectivity index (χ2v) is 2.74. The van der Waals surface area contributed by atoms with E-state index in [0.717, 1.165) is 16.7 Å². The molecule has 0 saturated carbocycles. The third-order valence-corrected chi connectivity index (χ3v) is 1.89. The van der Waals surface area contributed by atoms with Crippen LogP contribution in [0, 0.1) is 0 Å². The zero-order chi connectivity index (χ0) is 7.56. The summed E-state index contributed by atoms with van der Waals surface area (Å²) in [5.41, 5.74) is 6.41. The number of rotatable bonds is 2. The van der Waals surface area contributed by atoms with Crippen molar-refractivity contribution in [3.05, 3.63) is 10.3 Å². The molecule has 0 spiro atoms. The van der Waals surface area contributed by atoms with Gasteiger partial charge in [-0.1, -0.05) is 5.21 Å². The van der Waals surface area contributed by atoms with Crippen molar-refractivity contribution in [2.45, 2.75) is 6.42 Å². The number of aromatic nitrogens is 3. The maximum absolute atomic E-state index is 5.37. The van der Waals surface area contributed by atoms with E-state index in [1.54, 1.807) is 4.68 Å². The maximum Gasteiger partial charge on any atom is 0.151 e. The fourth-order valence-electron chi connectivity index (χ4n) is 0.753. The summed E-state index contributed by atoms with van der Waals surface area (Å²) in [5.74, 6) is 0. The van der Waals surface area contributed by atoms with Crippen molar-refractivity contribution in [1.82, 2.24) is 15.0 Å². The van der Waals surface area contributed by atoms with Gasteiger partial charge in [-0.3, -0.25) is 4.68 Å². The molecule has 0 atom stereocenters. The molecule has 2 N–H and O–H groups in total. The van der Waals surface area contributed by atoms with Crippen molar-refractivity contribution in [1.29, 1.82) is 0 Å². The van der Waals surface area contributed by atoms with Crippen LogP contribution in [0.3, 0.4) is 0 Å². The molecule has 0 radical (unpaired) electrons. The maximum atomic E-state index is 5.37. The summed E-state index contributed by atoms with van der Waals surface area (Å²) in [5, 5.41) is 7.61. The van der Waals surface area contributed by atoms with E-state index < -0.39 is 0 Å². The largest absolute Gasteiger partial charge is 0.330 e. The number of nitrogens with zero attached hydrogens (tertiary/aromatic N) is 3. The van der Waals surface area contributed by atoms with Gasteiger partial charge in [0, 0.05) is 13.5 Å². The molecular formula is C5H9BrN4. The molecule has 56 valence electrons. The lowest BCUT2D eigenvalue weighted by molar-refractivity contribution is 0.675. The van der Waals surface area contributed by atoms with Gasteiger partial charge in [0.05, 0.1) is 5.69 Å². The summed E-state index contributed by atoms with van der Waals surface area (Å²) >= 11 is 3.27.